The standard InChI is InChI=1S/C91H162N26O22S/c1-18-49(11)68(83(132)109-62(44-66(94)120)88(137)117-39-26-32-65(117)81(130)114-71(54(16)119)85(134)112-69(89(138)139)50(12)19-2)111-84(133)70(53(15)118)113-78(127)60(42-46(5)6)106-73(122)52(14)102-79(128)63-30-24-38-116(63)87(136)61(43-47(7)8)108-82(131)67(48(9)10)110-80(129)64-31-25-37-115(64)86(135)58(27-20-21-34-92)105-76(125)57(29-23-36-100-91(97)98)104-75(124)56(28-22-35-99-90(95)96)103-72(121)51(13)101-77(126)59(41-45(3)4)107-74(123)55(93)33-40-140-17/h45-65,67-71,118-119H,18-44,92-93H2,1-17H3,(H2,94,120)(H,101,126)(H,102,128)(H,103,121)(H,104,124)(H,105,125)(H,106,122)(H,107,123)(H,108,131)(H,109,132)(H,110,129)(H,111,133)(H,112,134)(H,113,127)(H,114,130)(H,138,139)(H4,95,96,99)(H4,97,98,100)/t49-,50-,51-,52-,53+,54+,55-,56-,57-,58-,59-,60-,61-,62-,63-,64-,65-,67-,68-,69-,70-,71-/m0/s1. The van der Waals surface area contributed by atoms with E-state index in [4.69, 9.17) is 40.1 Å². The average Bonchev–Trinajstić information content (AvgIpc) is 1.63. The first kappa shape index (κ1) is 123. The van der Waals surface area contributed by atoms with Crippen molar-refractivity contribution < 1.29 is 106 Å². The molecule has 0 aromatic carbocycles. The van der Waals surface area contributed by atoms with E-state index >= 15 is 4.79 Å². The molecule has 22 atom stereocenters. The molecule has 3 aliphatic rings. The van der Waals surface area contributed by atoms with Gasteiger partial charge >= 0.3 is 5.97 Å². The minimum absolute atomic E-state index is 0.00329. The van der Waals surface area contributed by atoms with Crippen molar-refractivity contribution in [1.82, 2.24) is 89.1 Å². The molecule has 0 bridgehead atoms. The van der Waals surface area contributed by atoms with Gasteiger partial charge in [0.2, 0.25) is 106 Å². The molecule has 0 aromatic rings. The summed E-state index contributed by atoms with van der Waals surface area (Å²) in [5.41, 5.74) is 40.1. The predicted octanol–water partition coefficient (Wildman–Crippen LogP) is -5.29. The van der Waals surface area contributed by atoms with Crippen LogP contribution in [-0.4, -0.2) is 326 Å². The van der Waals surface area contributed by atoms with Gasteiger partial charge in [-0.3, -0.25) is 96.3 Å². The molecular formula is C91H162N26O22S. The molecular weight excluding hydrogens is 1840 g/mol. The highest BCUT2D eigenvalue weighted by molar-refractivity contribution is 7.98. The van der Waals surface area contributed by atoms with E-state index in [-0.39, 0.29) is 152 Å². The summed E-state index contributed by atoms with van der Waals surface area (Å²) in [5, 5.41) is 68.2. The number of nitrogens with one attached hydrogen (secondary N) is 14. The summed E-state index contributed by atoms with van der Waals surface area (Å²) in [6.07, 6.45) is 0.685. The molecule has 3 saturated heterocycles. The Labute approximate surface area is 824 Å². The van der Waals surface area contributed by atoms with E-state index < -0.39 is 257 Å². The second kappa shape index (κ2) is 61.4. The van der Waals surface area contributed by atoms with Gasteiger partial charge in [-0.15, -0.1) is 0 Å². The molecule has 0 unspecified atom stereocenters. The molecule has 3 aliphatic heterocycles. The van der Waals surface area contributed by atoms with Gasteiger partial charge in [0.15, 0.2) is 11.9 Å². The second-order valence-electron chi connectivity index (χ2n) is 38.4. The smallest absolute Gasteiger partial charge is 0.326 e. The molecule has 794 valence electrons. The fraction of sp³-hybridized carbons (Fsp3) is 0.769. The quantitative estimate of drug-likeness (QED) is 0.0154. The second-order valence-corrected chi connectivity index (χ2v) is 39.3. The maximum absolute atomic E-state index is 15.1. The highest BCUT2D eigenvalue weighted by Gasteiger charge is 2.47. The van der Waals surface area contributed by atoms with Crippen molar-refractivity contribution in [3.8, 4) is 0 Å². The van der Waals surface area contributed by atoms with Crippen LogP contribution in [0.15, 0.2) is 9.98 Å². The van der Waals surface area contributed by atoms with Gasteiger partial charge in [0.1, 0.15) is 103 Å². The van der Waals surface area contributed by atoms with Crippen LogP contribution in [0, 0.1) is 35.5 Å². The predicted molar refractivity (Wildman–Crippen MR) is 523 cm³/mol. The molecule has 48 nitrogen and oxygen atoms in total. The van der Waals surface area contributed by atoms with Crippen molar-refractivity contribution in [3.05, 3.63) is 0 Å². The number of aliphatic imine (C=N–C) groups is 2. The monoisotopic (exact) mass is 2000 g/mol. The number of aliphatic carboxylic acids is 1. The van der Waals surface area contributed by atoms with E-state index in [0.29, 0.717) is 44.3 Å². The van der Waals surface area contributed by atoms with Crippen LogP contribution >= 0.6 is 11.8 Å². The summed E-state index contributed by atoms with van der Waals surface area (Å²) in [4.78, 5) is 280. The molecule has 3 rings (SSSR count). The molecule has 0 radical (unpaired) electrons. The Morgan fingerprint density at radius 3 is 1.13 bits per heavy atom. The molecule has 0 aliphatic carbocycles. The van der Waals surface area contributed by atoms with E-state index in [9.17, 15) is 102 Å². The van der Waals surface area contributed by atoms with Crippen LogP contribution in [0.25, 0.3) is 0 Å². The van der Waals surface area contributed by atoms with E-state index in [1.165, 1.54) is 49.3 Å². The SMILES string of the molecule is CC[C@H](C)[C@H](NC(=O)[C@@H](NC(=O)[C@@H]1CCCN1C(=O)[C@H](CC(N)=O)NC(=O)[C@@H](NC(=O)[C@@H](NC(=O)[C@H](CC(C)C)NC(=O)[C@H](C)NC(=O)[C@@H]1CCCN1C(=O)[C@H](CC(C)C)NC(=O)[C@@H](NC(=O)[C@@H]1CCCN1C(=O)[C@H](CCCCN)NC(=O)[C@H](CCCN=C(N)N)NC(=O)[C@H](CCCN=C(N)N)NC(=O)[C@H](C)NC(=O)[C@H](CC(C)C)NC(=O)[C@@H](N)CCSC)C(C)C)[C@@H](C)O)[C@@H](C)CC)[C@@H](C)O)C(=O)O. The zero-order valence-electron chi connectivity index (χ0n) is 84.4. The first-order chi connectivity index (χ1) is 65.7. The van der Waals surface area contributed by atoms with Gasteiger partial charge in [-0.25, -0.2) is 4.79 Å². The van der Waals surface area contributed by atoms with Gasteiger partial charge in [0.25, 0.3) is 0 Å². The van der Waals surface area contributed by atoms with E-state index in [0.717, 1.165) is 4.90 Å². The Morgan fingerprint density at radius 2 is 0.707 bits per heavy atom. The summed E-state index contributed by atoms with van der Waals surface area (Å²) < 4.78 is 0. The lowest BCUT2D eigenvalue weighted by molar-refractivity contribution is -0.145. The van der Waals surface area contributed by atoms with Gasteiger partial charge in [-0.2, -0.15) is 11.8 Å². The maximum atomic E-state index is 15.1. The molecule has 3 fully saturated rings. The van der Waals surface area contributed by atoms with Crippen LogP contribution in [0.1, 0.15) is 239 Å². The highest BCUT2D eigenvalue weighted by atomic mass is 32.2. The molecule has 31 N–H and O–H groups in total. The number of aliphatic hydroxyl groups excluding tert-OH is 2. The van der Waals surface area contributed by atoms with E-state index in [2.05, 4.69) is 84.4 Å². The van der Waals surface area contributed by atoms with Gasteiger partial charge in [-0.05, 0) is 191 Å². The number of likely N-dealkylation sites (tertiary alicyclic amines) is 3. The first-order valence-corrected chi connectivity index (χ1v) is 50.2. The molecule has 49 heteroatoms. The highest BCUT2D eigenvalue weighted by Crippen LogP contribution is 2.26. The Hall–Kier alpha value is -11.3. The van der Waals surface area contributed by atoms with Crippen LogP contribution in [0.4, 0.5) is 0 Å². The number of nitrogens with zero attached hydrogens (tertiary/aromatic N) is 5. The number of primary amides is 1. The molecule has 3 heterocycles. The zero-order chi connectivity index (χ0) is 106. The summed E-state index contributed by atoms with van der Waals surface area (Å²) in [5.74, 6) is -19.3. The largest absolute Gasteiger partial charge is 0.480 e. The normalized spacial score (nSPS) is 18.8. The number of guanidine groups is 2. The number of carbonyl (C=O) groups is 19. The van der Waals surface area contributed by atoms with Crippen molar-refractivity contribution in [1.29, 1.82) is 0 Å². The van der Waals surface area contributed by atoms with Crippen molar-refractivity contribution in [2.75, 3.05) is 51.3 Å². The van der Waals surface area contributed by atoms with Crippen LogP contribution in [0.5, 0.6) is 0 Å². The first-order valence-electron chi connectivity index (χ1n) is 48.8. The Morgan fingerprint density at radius 1 is 0.371 bits per heavy atom. The third-order valence-electron chi connectivity index (χ3n) is 24.7. The maximum Gasteiger partial charge on any atom is 0.326 e. The molecule has 0 saturated carbocycles. The number of aliphatic hydroxyl groups is 2. The van der Waals surface area contributed by atoms with Crippen molar-refractivity contribution in [2.24, 2.45) is 85.6 Å². The molecule has 0 aromatic heterocycles. The number of hydrogen-bond acceptors (Lipinski definition) is 26. The summed E-state index contributed by atoms with van der Waals surface area (Å²) in [6.45, 7) is 25.8. The number of rotatable bonds is 62. The van der Waals surface area contributed by atoms with Crippen LogP contribution in [0.2, 0.25) is 0 Å². The minimum atomic E-state index is -1.83. The Kier molecular flexibility index (Phi) is 53.9. The summed E-state index contributed by atoms with van der Waals surface area (Å²) >= 11 is 1.50. The summed E-state index contributed by atoms with van der Waals surface area (Å²) in [7, 11) is 0. The van der Waals surface area contributed by atoms with Crippen LogP contribution in [-0.2, 0) is 91.1 Å². The number of unbranched alkanes of at least 4 members (excludes halogenated alkanes) is 1. The van der Waals surface area contributed by atoms with Gasteiger partial charge in [0, 0.05) is 32.7 Å². The third-order valence-corrected chi connectivity index (χ3v) is 25.3. The lowest BCUT2D eigenvalue weighted by atomic mass is 9.96. The van der Waals surface area contributed by atoms with Crippen molar-refractivity contribution in [2.45, 2.75) is 360 Å². The van der Waals surface area contributed by atoms with Gasteiger partial charge < -0.3 is 145 Å². The van der Waals surface area contributed by atoms with Crippen molar-refractivity contribution >= 4 is 136 Å². The fourth-order valence-corrected chi connectivity index (χ4v) is 16.8. The Balaban J connectivity index is 1.86. The lowest BCUT2D eigenvalue weighted by Crippen LogP contribution is -2.63. The third kappa shape index (κ3) is 40.7. The number of carbonyl (C=O) groups excluding carboxylic acids is 18. The number of thioether (sulfide) groups is 1. The van der Waals surface area contributed by atoms with Crippen LogP contribution in [0.3, 0.4) is 0 Å². The number of hydrogen-bond donors (Lipinski definition) is 24. The average molecular weight is 2000 g/mol. The zero-order valence-corrected chi connectivity index (χ0v) is 85.2. The summed E-state index contributed by atoms with van der Waals surface area (Å²) in [6, 6.07) is -24.8. The van der Waals surface area contributed by atoms with Crippen LogP contribution < -0.4 is 115 Å². The number of carboxylic acids is 1. The minimum Gasteiger partial charge on any atom is -0.480 e. The molecule has 18 amide bonds. The van der Waals surface area contributed by atoms with E-state index in [1.807, 2.05) is 20.1 Å². The molecule has 0 spiro atoms. The molecule has 140 heavy (non-hydrogen) atoms. The van der Waals surface area contributed by atoms with Gasteiger partial charge in [-0.1, -0.05) is 95.9 Å². The fourth-order valence-electron chi connectivity index (χ4n) is 16.3. The lowest BCUT2D eigenvalue weighted by Gasteiger charge is -2.33. The number of nitrogens with two attached hydrogens (primary N) is 7. The van der Waals surface area contributed by atoms with Gasteiger partial charge in [0.05, 0.1) is 24.7 Å². The topological polar surface area (TPSA) is 770 Å². The van der Waals surface area contributed by atoms with E-state index in [1.54, 1.807) is 69.2 Å². The number of carboxylic acid groups (broad SMARTS) is 1. The van der Waals surface area contributed by atoms with Crippen molar-refractivity contribution in [3.63, 3.8) is 0 Å². The number of amides is 18. The Bertz CT molecular complexity index is 4230.